The normalized spacial score (nSPS) is 9.62. The third-order valence-electron chi connectivity index (χ3n) is 0.871. The van der Waals surface area contributed by atoms with Gasteiger partial charge in [-0.25, -0.2) is 0 Å². The van der Waals surface area contributed by atoms with Crippen molar-refractivity contribution in [1.82, 2.24) is 4.37 Å². The molecule has 0 atom stereocenters. The van der Waals surface area contributed by atoms with Gasteiger partial charge in [-0.3, -0.25) is 0 Å². The summed E-state index contributed by atoms with van der Waals surface area (Å²) in [6, 6.07) is 2.02. The Balaban J connectivity index is 2.50. The highest BCUT2D eigenvalue weighted by Gasteiger charge is 1.89. The Hall–Kier alpha value is -0.370. The van der Waals surface area contributed by atoms with Crippen molar-refractivity contribution >= 4 is 11.5 Å². The molecule has 1 aromatic heterocycles. The van der Waals surface area contributed by atoms with Gasteiger partial charge >= 0.3 is 0 Å². The molecule has 0 saturated carbocycles. The van der Waals surface area contributed by atoms with Crippen LogP contribution in [-0.2, 0) is 0 Å². The van der Waals surface area contributed by atoms with Crippen molar-refractivity contribution in [3.8, 4) is 0 Å². The molecule has 0 amide bonds. The van der Waals surface area contributed by atoms with Crippen molar-refractivity contribution in [2.24, 2.45) is 0 Å². The third-order valence-corrected chi connectivity index (χ3v) is 1.45. The molecule has 1 rings (SSSR count). The van der Waals surface area contributed by atoms with E-state index >= 15 is 0 Å². The molecular weight excluding hydrogens is 118 g/mol. The second kappa shape index (κ2) is 2.82. The minimum atomic E-state index is 1.07. The molecule has 2 heteroatoms. The zero-order valence-electron chi connectivity index (χ0n) is 4.79. The van der Waals surface area contributed by atoms with Crippen LogP contribution in [0.1, 0.15) is 19.0 Å². The van der Waals surface area contributed by atoms with E-state index in [9.17, 15) is 0 Å². The zero-order valence-corrected chi connectivity index (χ0v) is 5.61. The van der Waals surface area contributed by atoms with Crippen LogP contribution in [-0.4, -0.2) is 4.37 Å². The maximum atomic E-state index is 4.09. The molecule has 0 unspecified atom stereocenters. The predicted octanol–water partition coefficient (Wildman–Crippen LogP) is 2.11. The summed E-state index contributed by atoms with van der Waals surface area (Å²) in [6.07, 6.45) is 3.18. The summed E-state index contributed by atoms with van der Waals surface area (Å²) in [5, 5.41) is 1.99. The second-order valence-electron chi connectivity index (χ2n) is 1.54. The van der Waals surface area contributed by atoms with E-state index in [0.29, 0.717) is 0 Å². The van der Waals surface area contributed by atoms with Crippen LogP contribution in [0.5, 0.6) is 0 Å². The van der Waals surface area contributed by atoms with Crippen molar-refractivity contribution in [3.05, 3.63) is 23.6 Å². The lowest BCUT2D eigenvalue weighted by molar-refractivity contribution is 1.10. The van der Waals surface area contributed by atoms with Crippen LogP contribution in [0, 0.1) is 6.42 Å². The van der Waals surface area contributed by atoms with Crippen molar-refractivity contribution in [3.63, 3.8) is 0 Å². The fraction of sp³-hybridized carbons (Fsp3) is 0.333. The number of rotatable bonds is 2. The van der Waals surface area contributed by atoms with E-state index in [-0.39, 0.29) is 0 Å². The van der Waals surface area contributed by atoms with Gasteiger partial charge in [0.2, 0.25) is 0 Å². The molecule has 0 aromatic carbocycles. The predicted molar refractivity (Wildman–Crippen MR) is 35.8 cm³/mol. The van der Waals surface area contributed by atoms with Gasteiger partial charge < -0.3 is 0 Å². The first-order chi connectivity index (χ1) is 3.93. The Morgan fingerprint density at radius 1 is 1.88 bits per heavy atom. The lowest BCUT2D eigenvalue weighted by Crippen LogP contribution is -1.74. The summed E-state index contributed by atoms with van der Waals surface area (Å²) in [5.74, 6) is 0. The van der Waals surface area contributed by atoms with Gasteiger partial charge in [-0.05, 0) is 24.0 Å². The minimum absolute atomic E-state index is 1.07. The molecular formula is C6H8NS. The van der Waals surface area contributed by atoms with E-state index in [1.165, 1.54) is 11.5 Å². The average molecular weight is 126 g/mol. The van der Waals surface area contributed by atoms with E-state index in [4.69, 9.17) is 0 Å². The largest absolute Gasteiger partial charge is 0.197 e. The topological polar surface area (TPSA) is 12.9 Å². The van der Waals surface area contributed by atoms with Crippen LogP contribution < -0.4 is 0 Å². The summed E-state index contributed by atoms with van der Waals surface area (Å²) in [7, 11) is 0. The third kappa shape index (κ3) is 1.30. The van der Waals surface area contributed by atoms with E-state index in [2.05, 4.69) is 17.7 Å². The SMILES string of the molecule is CC[CH]c1ccsn1. The Morgan fingerprint density at radius 2 is 2.75 bits per heavy atom. The second-order valence-corrected chi connectivity index (χ2v) is 2.20. The molecule has 43 valence electrons. The molecule has 1 aromatic rings. The Labute approximate surface area is 53.5 Å². The van der Waals surface area contributed by atoms with Gasteiger partial charge in [0.05, 0.1) is 5.69 Å². The first-order valence-electron chi connectivity index (χ1n) is 2.67. The Morgan fingerprint density at radius 3 is 3.25 bits per heavy atom. The monoisotopic (exact) mass is 126 g/mol. The quantitative estimate of drug-likeness (QED) is 0.591. The minimum Gasteiger partial charge on any atom is -0.197 e. The van der Waals surface area contributed by atoms with Crippen LogP contribution in [0.25, 0.3) is 0 Å². The molecule has 1 nitrogen and oxygen atoms in total. The molecule has 0 saturated heterocycles. The van der Waals surface area contributed by atoms with Gasteiger partial charge in [-0.15, -0.1) is 0 Å². The highest BCUT2D eigenvalue weighted by Crippen LogP contribution is 2.03. The first kappa shape index (κ1) is 5.76. The van der Waals surface area contributed by atoms with Gasteiger partial charge in [-0.1, -0.05) is 6.92 Å². The van der Waals surface area contributed by atoms with Gasteiger partial charge in [0, 0.05) is 11.8 Å². The van der Waals surface area contributed by atoms with Crippen LogP contribution in [0.4, 0.5) is 0 Å². The van der Waals surface area contributed by atoms with E-state index < -0.39 is 0 Å². The Bertz CT molecular complexity index is 134. The van der Waals surface area contributed by atoms with Crippen LogP contribution in [0.2, 0.25) is 0 Å². The molecule has 1 radical (unpaired) electrons. The molecule has 0 N–H and O–H groups in total. The summed E-state index contributed by atoms with van der Waals surface area (Å²) in [6.45, 7) is 2.11. The number of hydrogen-bond donors (Lipinski definition) is 0. The first-order valence-corrected chi connectivity index (χ1v) is 3.50. The summed E-state index contributed by atoms with van der Waals surface area (Å²) in [4.78, 5) is 0. The summed E-state index contributed by atoms with van der Waals surface area (Å²) in [5.41, 5.74) is 1.11. The number of nitrogens with zero attached hydrogens (tertiary/aromatic N) is 1. The van der Waals surface area contributed by atoms with E-state index in [1.807, 2.05) is 11.4 Å². The standard InChI is InChI=1S/C6H8NS/c1-2-3-6-4-5-8-7-6/h3-5H,2H2,1H3. The van der Waals surface area contributed by atoms with Gasteiger partial charge in [0.15, 0.2) is 0 Å². The lowest BCUT2D eigenvalue weighted by Gasteiger charge is -1.83. The van der Waals surface area contributed by atoms with Crippen molar-refractivity contribution in [1.29, 1.82) is 0 Å². The maximum absolute atomic E-state index is 4.09. The number of hydrogen-bond acceptors (Lipinski definition) is 2. The molecule has 0 spiro atoms. The van der Waals surface area contributed by atoms with Crippen LogP contribution in [0.3, 0.4) is 0 Å². The van der Waals surface area contributed by atoms with Crippen molar-refractivity contribution < 1.29 is 0 Å². The average Bonchev–Trinajstić information content (AvgIpc) is 2.19. The smallest absolute Gasteiger partial charge is 0.0579 e. The molecule has 0 bridgehead atoms. The van der Waals surface area contributed by atoms with Gasteiger partial charge in [0.25, 0.3) is 0 Å². The van der Waals surface area contributed by atoms with Crippen molar-refractivity contribution in [2.45, 2.75) is 13.3 Å². The van der Waals surface area contributed by atoms with Crippen molar-refractivity contribution in [2.75, 3.05) is 0 Å². The summed E-state index contributed by atoms with van der Waals surface area (Å²) < 4.78 is 4.09. The molecule has 0 aliphatic rings. The fourth-order valence-corrected chi connectivity index (χ4v) is 1.05. The number of aromatic nitrogens is 1. The highest BCUT2D eigenvalue weighted by molar-refractivity contribution is 7.03. The van der Waals surface area contributed by atoms with Crippen LogP contribution >= 0.6 is 11.5 Å². The Kier molecular flexibility index (Phi) is 2.03. The molecule has 0 aliphatic heterocycles. The van der Waals surface area contributed by atoms with Gasteiger partial charge in [-0.2, -0.15) is 4.37 Å². The highest BCUT2D eigenvalue weighted by atomic mass is 32.1. The molecule has 1 heterocycles. The van der Waals surface area contributed by atoms with Gasteiger partial charge in [0.1, 0.15) is 0 Å². The zero-order chi connectivity index (χ0) is 5.82. The molecule has 0 aliphatic carbocycles. The van der Waals surface area contributed by atoms with E-state index in [1.54, 1.807) is 0 Å². The van der Waals surface area contributed by atoms with E-state index in [0.717, 1.165) is 12.1 Å². The summed E-state index contributed by atoms with van der Waals surface area (Å²) >= 11 is 1.50. The van der Waals surface area contributed by atoms with Crippen LogP contribution in [0.15, 0.2) is 11.4 Å². The maximum Gasteiger partial charge on any atom is 0.0579 e. The lowest BCUT2D eigenvalue weighted by atomic mass is 10.3. The molecule has 8 heavy (non-hydrogen) atoms. The fourth-order valence-electron chi connectivity index (χ4n) is 0.536. The molecule has 0 fully saturated rings.